The van der Waals surface area contributed by atoms with Crippen LogP contribution < -0.4 is 10.1 Å². The van der Waals surface area contributed by atoms with Crippen LogP contribution in [-0.4, -0.2) is 17.1 Å². The fourth-order valence-electron chi connectivity index (χ4n) is 1.82. The van der Waals surface area contributed by atoms with Gasteiger partial charge in [-0.25, -0.2) is 0 Å². The number of nitrogens with zero attached hydrogens (tertiary/aromatic N) is 1. The summed E-state index contributed by atoms with van der Waals surface area (Å²) in [5, 5.41) is 2.73. The summed E-state index contributed by atoms with van der Waals surface area (Å²) in [6, 6.07) is 11.5. The molecule has 0 atom stereocenters. The van der Waals surface area contributed by atoms with Gasteiger partial charge < -0.3 is 14.6 Å². The Hall–Kier alpha value is -2.23. The minimum atomic E-state index is -0.0789. The molecule has 100 valence electrons. The molecule has 1 aromatic heterocycles. The maximum atomic E-state index is 11.0. The Morgan fingerprint density at radius 3 is 2.79 bits per heavy atom. The lowest BCUT2D eigenvalue weighted by atomic mass is 10.3. The first kappa shape index (κ1) is 13.2. The lowest BCUT2D eigenvalue weighted by Crippen LogP contribution is -2.06. The normalized spacial score (nSPS) is 10.2. The third-order valence-electron chi connectivity index (χ3n) is 2.65. The third-order valence-corrected chi connectivity index (χ3v) is 2.65. The first-order valence-corrected chi connectivity index (χ1v) is 6.35. The molecular weight excluding hydrogens is 240 g/mol. The molecule has 1 aromatic carbocycles. The predicted molar refractivity (Wildman–Crippen MR) is 75.3 cm³/mol. The Bertz CT molecular complexity index is 521. The standard InChI is InChI=1S/C15H18N2O2/c1-13(18)16-14-6-4-7-15(12-14)19-11-5-10-17-8-2-3-9-17/h2-4,6-9,12H,5,10-11H2,1H3,(H,16,18). The molecule has 0 fully saturated rings. The number of aromatic nitrogens is 1. The zero-order valence-electron chi connectivity index (χ0n) is 11.0. The van der Waals surface area contributed by atoms with Crippen LogP contribution in [0.1, 0.15) is 13.3 Å². The van der Waals surface area contributed by atoms with Gasteiger partial charge in [-0.3, -0.25) is 4.79 Å². The smallest absolute Gasteiger partial charge is 0.221 e. The van der Waals surface area contributed by atoms with Crippen LogP contribution in [0.3, 0.4) is 0 Å². The molecule has 2 rings (SSSR count). The topological polar surface area (TPSA) is 43.3 Å². The van der Waals surface area contributed by atoms with E-state index in [0.29, 0.717) is 6.61 Å². The summed E-state index contributed by atoms with van der Waals surface area (Å²) in [6.07, 6.45) is 5.02. The Kier molecular flexibility index (Phi) is 4.61. The summed E-state index contributed by atoms with van der Waals surface area (Å²) in [4.78, 5) is 11.0. The van der Waals surface area contributed by atoms with Gasteiger partial charge in [0.25, 0.3) is 0 Å². The van der Waals surface area contributed by atoms with Crippen LogP contribution in [-0.2, 0) is 11.3 Å². The van der Waals surface area contributed by atoms with Crippen LogP contribution in [0.15, 0.2) is 48.8 Å². The van der Waals surface area contributed by atoms with Crippen LogP contribution in [0.4, 0.5) is 5.69 Å². The van der Waals surface area contributed by atoms with E-state index in [4.69, 9.17) is 4.74 Å². The molecule has 1 amide bonds. The van der Waals surface area contributed by atoms with Gasteiger partial charge in [-0.05, 0) is 30.7 Å². The van der Waals surface area contributed by atoms with Crippen molar-refractivity contribution in [2.75, 3.05) is 11.9 Å². The van der Waals surface area contributed by atoms with E-state index in [2.05, 4.69) is 9.88 Å². The van der Waals surface area contributed by atoms with Crippen LogP contribution >= 0.6 is 0 Å². The van der Waals surface area contributed by atoms with Crippen molar-refractivity contribution in [2.45, 2.75) is 19.9 Å². The zero-order valence-corrected chi connectivity index (χ0v) is 11.0. The average Bonchev–Trinajstić information content (AvgIpc) is 2.87. The van der Waals surface area contributed by atoms with Gasteiger partial charge in [-0.15, -0.1) is 0 Å². The molecule has 2 aromatic rings. The number of amides is 1. The molecule has 0 unspecified atom stereocenters. The van der Waals surface area contributed by atoms with E-state index >= 15 is 0 Å². The number of hydrogen-bond acceptors (Lipinski definition) is 2. The number of anilines is 1. The molecule has 4 heteroatoms. The van der Waals surface area contributed by atoms with E-state index in [1.807, 2.05) is 48.8 Å². The van der Waals surface area contributed by atoms with Crippen LogP contribution in [0.25, 0.3) is 0 Å². The fourth-order valence-corrected chi connectivity index (χ4v) is 1.82. The third kappa shape index (κ3) is 4.50. The molecule has 0 bridgehead atoms. The van der Waals surface area contributed by atoms with Crippen LogP contribution in [0.5, 0.6) is 5.75 Å². The number of carbonyl (C=O) groups excluding carboxylic acids is 1. The molecule has 0 radical (unpaired) electrons. The van der Waals surface area contributed by atoms with Gasteiger partial charge in [0.1, 0.15) is 5.75 Å². The Morgan fingerprint density at radius 2 is 2.05 bits per heavy atom. The highest BCUT2D eigenvalue weighted by molar-refractivity contribution is 5.88. The highest BCUT2D eigenvalue weighted by Gasteiger charge is 1.98. The molecule has 19 heavy (non-hydrogen) atoms. The monoisotopic (exact) mass is 258 g/mol. The molecule has 0 aliphatic rings. The first-order chi connectivity index (χ1) is 9.24. The van der Waals surface area contributed by atoms with E-state index in [9.17, 15) is 4.79 Å². The molecule has 0 saturated heterocycles. The van der Waals surface area contributed by atoms with Gasteiger partial charge in [0.15, 0.2) is 0 Å². The quantitative estimate of drug-likeness (QED) is 0.810. The maximum absolute atomic E-state index is 11.0. The SMILES string of the molecule is CC(=O)Nc1cccc(OCCCn2cccc2)c1. The lowest BCUT2D eigenvalue weighted by molar-refractivity contribution is -0.114. The van der Waals surface area contributed by atoms with Crippen molar-refractivity contribution in [2.24, 2.45) is 0 Å². The van der Waals surface area contributed by atoms with E-state index in [-0.39, 0.29) is 5.91 Å². The van der Waals surface area contributed by atoms with Crippen LogP contribution in [0.2, 0.25) is 0 Å². The molecule has 1 heterocycles. The molecule has 4 nitrogen and oxygen atoms in total. The predicted octanol–water partition coefficient (Wildman–Crippen LogP) is 2.92. The molecule has 0 aliphatic carbocycles. The van der Waals surface area contributed by atoms with Gasteiger partial charge in [0.05, 0.1) is 6.61 Å². The number of aryl methyl sites for hydroxylation is 1. The number of carbonyl (C=O) groups is 1. The average molecular weight is 258 g/mol. The second-order valence-electron chi connectivity index (χ2n) is 4.33. The number of nitrogens with one attached hydrogen (secondary N) is 1. The zero-order chi connectivity index (χ0) is 13.5. The van der Waals surface area contributed by atoms with E-state index < -0.39 is 0 Å². The highest BCUT2D eigenvalue weighted by Crippen LogP contribution is 2.17. The molecule has 0 spiro atoms. The number of benzene rings is 1. The maximum Gasteiger partial charge on any atom is 0.221 e. The minimum absolute atomic E-state index is 0.0789. The Labute approximate surface area is 113 Å². The van der Waals surface area contributed by atoms with E-state index in [1.165, 1.54) is 6.92 Å². The van der Waals surface area contributed by atoms with Crippen molar-refractivity contribution in [3.05, 3.63) is 48.8 Å². The van der Waals surface area contributed by atoms with E-state index in [1.54, 1.807) is 0 Å². The summed E-state index contributed by atoms with van der Waals surface area (Å²) >= 11 is 0. The molecule has 0 saturated carbocycles. The fraction of sp³-hybridized carbons (Fsp3) is 0.267. The number of hydrogen-bond donors (Lipinski definition) is 1. The van der Waals surface area contributed by atoms with Crippen molar-refractivity contribution >= 4 is 11.6 Å². The summed E-state index contributed by atoms with van der Waals surface area (Å²) in [7, 11) is 0. The first-order valence-electron chi connectivity index (χ1n) is 6.35. The number of ether oxygens (including phenoxy) is 1. The summed E-state index contributed by atoms with van der Waals surface area (Å²) < 4.78 is 7.78. The van der Waals surface area contributed by atoms with Gasteiger partial charge in [-0.1, -0.05) is 6.07 Å². The molecular formula is C15H18N2O2. The molecule has 0 aliphatic heterocycles. The summed E-state index contributed by atoms with van der Waals surface area (Å²) in [6.45, 7) is 3.09. The van der Waals surface area contributed by atoms with E-state index in [0.717, 1.165) is 24.4 Å². The van der Waals surface area contributed by atoms with Gasteiger partial charge in [-0.2, -0.15) is 0 Å². The van der Waals surface area contributed by atoms with Crippen molar-refractivity contribution in [1.82, 2.24) is 4.57 Å². The van der Waals surface area contributed by atoms with Crippen molar-refractivity contribution in [3.63, 3.8) is 0 Å². The van der Waals surface area contributed by atoms with Gasteiger partial charge in [0, 0.05) is 37.6 Å². The second-order valence-corrected chi connectivity index (χ2v) is 4.33. The van der Waals surface area contributed by atoms with Crippen molar-refractivity contribution in [3.8, 4) is 5.75 Å². The summed E-state index contributed by atoms with van der Waals surface area (Å²) in [5.74, 6) is 0.698. The highest BCUT2D eigenvalue weighted by atomic mass is 16.5. The van der Waals surface area contributed by atoms with Gasteiger partial charge in [0.2, 0.25) is 5.91 Å². The van der Waals surface area contributed by atoms with Gasteiger partial charge >= 0.3 is 0 Å². The molecule has 1 N–H and O–H groups in total. The lowest BCUT2D eigenvalue weighted by Gasteiger charge is -2.08. The van der Waals surface area contributed by atoms with Crippen molar-refractivity contribution < 1.29 is 9.53 Å². The minimum Gasteiger partial charge on any atom is -0.493 e. The summed E-state index contributed by atoms with van der Waals surface area (Å²) in [5.41, 5.74) is 0.760. The Morgan fingerprint density at radius 1 is 1.26 bits per heavy atom. The van der Waals surface area contributed by atoms with Crippen molar-refractivity contribution in [1.29, 1.82) is 0 Å². The number of rotatable bonds is 6. The Balaban J connectivity index is 1.77. The van der Waals surface area contributed by atoms with Crippen LogP contribution in [0, 0.1) is 0 Å². The largest absolute Gasteiger partial charge is 0.493 e. The second kappa shape index (κ2) is 6.64.